The van der Waals surface area contributed by atoms with Crippen LogP contribution < -0.4 is 5.32 Å². The first-order chi connectivity index (χ1) is 10.1. The molecule has 118 valence electrons. The molecule has 1 aliphatic heterocycles. The predicted octanol–water partition coefficient (Wildman–Crippen LogP) is 1.62. The van der Waals surface area contributed by atoms with Crippen LogP contribution in [0.4, 0.5) is 4.79 Å². The van der Waals surface area contributed by atoms with Crippen LogP contribution in [0.15, 0.2) is 11.6 Å². The van der Waals surface area contributed by atoms with Crippen molar-refractivity contribution in [3.05, 3.63) is 11.6 Å². The van der Waals surface area contributed by atoms with Crippen molar-refractivity contribution >= 4 is 12.0 Å². The molecule has 6 heteroatoms. The van der Waals surface area contributed by atoms with Crippen LogP contribution in [0.25, 0.3) is 0 Å². The highest BCUT2D eigenvalue weighted by molar-refractivity contribution is 5.75. The number of nitrogens with zero attached hydrogens (tertiary/aromatic N) is 1. The number of hydrogen-bond donors (Lipinski definition) is 2. The minimum atomic E-state index is -0.751. The molecule has 0 saturated heterocycles. The lowest BCUT2D eigenvalue weighted by atomic mass is 9.86. The van der Waals surface area contributed by atoms with Gasteiger partial charge < -0.3 is 20.1 Å². The number of hydrogen-bond acceptors (Lipinski definition) is 3. The normalized spacial score (nSPS) is 26.1. The highest BCUT2D eigenvalue weighted by Gasteiger charge is 2.29. The minimum absolute atomic E-state index is 0.0169. The first-order valence-electron chi connectivity index (χ1n) is 7.55. The van der Waals surface area contributed by atoms with Gasteiger partial charge in [0.25, 0.3) is 0 Å². The van der Waals surface area contributed by atoms with E-state index < -0.39 is 5.97 Å². The van der Waals surface area contributed by atoms with Gasteiger partial charge in [-0.3, -0.25) is 4.79 Å². The van der Waals surface area contributed by atoms with Gasteiger partial charge in [-0.05, 0) is 31.3 Å². The van der Waals surface area contributed by atoms with Gasteiger partial charge in [0.05, 0.1) is 12.5 Å². The van der Waals surface area contributed by atoms with E-state index in [0.717, 1.165) is 19.3 Å². The number of carbonyl (C=O) groups is 2. The maximum absolute atomic E-state index is 12.2. The number of nitrogens with one attached hydrogen (secondary N) is 1. The average Bonchev–Trinajstić information content (AvgIpc) is 2.48. The number of urea groups is 1. The quantitative estimate of drug-likeness (QED) is 0.773. The summed E-state index contributed by atoms with van der Waals surface area (Å²) < 4.78 is 5.09. The van der Waals surface area contributed by atoms with Gasteiger partial charge in [-0.1, -0.05) is 12.5 Å². The van der Waals surface area contributed by atoms with Crippen molar-refractivity contribution in [1.82, 2.24) is 10.2 Å². The summed E-state index contributed by atoms with van der Waals surface area (Å²) in [6, 6.07) is -0.101. The zero-order valence-corrected chi connectivity index (χ0v) is 12.5. The van der Waals surface area contributed by atoms with Crippen LogP contribution in [0.2, 0.25) is 0 Å². The molecule has 0 radical (unpaired) electrons. The van der Waals surface area contributed by atoms with Crippen molar-refractivity contribution in [2.75, 3.05) is 26.8 Å². The summed E-state index contributed by atoms with van der Waals surface area (Å²) >= 11 is 0. The highest BCUT2D eigenvalue weighted by atomic mass is 16.5. The molecule has 1 fully saturated rings. The zero-order chi connectivity index (χ0) is 15.2. The van der Waals surface area contributed by atoms with Crippen LogP contribution in [0, 0.1) is 5.92 Å². The molecule has 0 spiro atoms. The lowest BCUT2D eigenvalue weighted by Crippen LogP contribution is -2.48. The van der Waals surface area contributed by atoms with E-state index >= 15 is 0 Å². The number of carboxylic acid groups (broad SMARTS) is 1. The molecular weight excluding hydrogens is 272 g/mol. The van der Waals surface area contributed by atoms with Crippen molar-refractivity contribution in [2.24, 2.45) is 5.92 Å². The molecule has 21 heavy (non-hydrogen) atoms. The Morgan fingerprint density at radius 1 is 1.48 bits per heavy atom. The van der Waals surface area contributed by atoms with Crippen LogP contribution >= 0.6 is 0 Å². The smallest absolute Gasteiger partial charge is 0.317 e. The molecule has 0 aromatic heterocycles. The summed E-state index contributed by atoms with van der Waals surface area (Å²) in [4.78, 5) is 25.0. The molecule has 2 aliphatic rings. The van der Waals surface area contributed by atoms with Gasteiger partial charge >= 0.3 is 12.0 Å². The summed E-state index contributed by atoms with van der Waals surface area (Å²) in [5.74, 6) is -1.07. The number of amides is 2. The number of rotatable bonds is 4. The Labute approximate surface area is 125 Å². The topological polar surface area (TPSA) is 78.9 Å². The minimum Gasteiger partial charge on any atom is -0.481 e. The molecule has 1 heterocycles. The fraction of sp³-hybridized carbons (Fsp3) is 0.733. The van der Waals surface area contributed by atoms with Crippen LogP contribution in [-0.4, -0.2) is 54.9 Å². The fourth-order valence-corrected chi connectivity index (χ4v) is 3.02. The molecule has 2 N–H and O–H groups in total. The Hall–Kier alpha value is -1.56. The van der Waals surface area contributed by atoms with Crippen molar-refractivity contribution in [1.29, 1.82) is 0 Å². The van der Waals surface area contributed by atoms with E-state index in [-0.39, 0.29) is 18.0 Å². The number of carbonyl (C=O) groups excluding carboxylic acids is 1. The van der Waals surface area contributed by atoms with Gasteiger partial charge in [0, 0.05) is 26.2 Å². The van der Waals surface area contributed by atoms with Gasteiger partial charge in [-0.15, -0.1) is 0 Å². The first-order valence-corrected chi connectivity index (χ1v) is 7.55. The van der Waals surface area contributed by atoms with Crippen LogP contribution in [0.1, 0.15) is 32.1 Å². The van der Waals surface area contributed by atoms with Gasteiger partial charge in [0.2, 0.25) is 0 Å². The maximum atomic E-state index is 12.2. The Morgan fingerprint density at radius 2 is 2.29 bits per heavy atom. The molecule has 2 unspecified atom stereocenters. The summed E-state index contributed by atoms with van der Waals surface area (Å²) in [6.45, 7) is 1.91. The molecule has 2 atom stereocenters. The Bertz CT molecular complexity index is 422. The number of methoxy groups -OCH3 is 1. The second kappa shape index (κ2) is 7.45. The predicted molar refractivity (Wildman–Crippen MR) is 78.1 cm³/mol. The van der Waals surface area contributed by atoms with Crippen molar-refractivity contribution in [2.45, 2.75) is 38.1 Å². The molecule has 0 bridgehead atoms. The molecular formula is C15H24N2O4. The van der Waals surface area contributed by atoms with E-state index in [1.807, 2.05) is 6.08 Å². The largest absolute Gasteiger partial charge is 0.481 e. The molecule has 2 amide bonds. The van der Waals surface area contributed by atoms with E-state index in [9.17, 15) is 9.59 Å². The van der Waals surface area contributed by atoms with Gasteiger partial charge in [0.15, 0.2) is 0 Å². The summed E-state index contributed by atoms with van der Waals surface area (Å²) in [5.41, 5.74) is 1.23. The van der Waals surface area contributed by atoms with Crippen LogP contribution in [0.5, 0.6) is 0 Å². The monoisotopic (exact) mass is 296 g/mol. The van der Waals surface area contributed by atoms with Crippen molar-refractivity contribution in [3.8, 4) is 0 Å². The summed E-state index contributed by atoms with van der Waals surface area (Å²) in [5, 5.41) is 12.1. The summed E-state index contributed by atoms with van der Waals surface area (Å²) in [6.07, 6.45) is 5.86. The third-order valence-corrected chi connectivity index (χ3v) is 4.27. The molecule has 2 rings (SSSR count). The number of carboxylic acids is 1. The lowest BCUT2D eigenvalue weighted by Gasteiger charge is -2.31. The third-order valence-electron chi connectivity index (χ3n) is 4.27. The van der Waals surface area contributed by atoms with Crippen molar-refractivity contribution < 1.29 is 19.4 Å². The lowest BCUT2D eigenvalue weighted by molar-refractivity contribution is -0.143. The molecule has 0 aromatic carbocycles. The standard InChI is InChI=1S/C15H24N2O4/c1-21-10-11-5-7-17(8-6-11)15(20)16-13-4-2-3-12(9-13)14(18)19/h5,12-13H,2-4,6-10H2,1H3,(H,16,20)(H,18,19). The first kappa shape index (κ1) is 15.8. The van der Waals surface area contributed by atoms with Crippen molar-refractivity contribution in [3.63, 3.8) is 0 Å². The number of aliphatic carboxylic acids is 1. The molecule has 1 aliphatic carbocycles. The van der Waals surface area contributed by atoms with E-state index in [2.05, 4.69) is 5.32 Å². The number of ether oxygens (including phenoxy) is 1. The van der Waals surface area contributed by atoms with Gasteiger partial charge in [-0.25, -0.2) is 4.79 Å². The molecule has 0 aromatic rings. The fourth-order valence-electron chi connectivity index (χ4n) is 3.02. The zero-order valence-electron chi connectivity index (χ0n) is 12.5. The maximum Gasteiger partial charge on any atom is 0.317 e. The summed E-state index contributed by atoms with van der Waals surface area (Å²) in [7, 11) is 1.67. The van der Waals surface area contributed by atoms with Gasteiger partial charge in [0.1, 0.15) is 0 Å². The van der Waals surface area contributed by atoms with E-state index in [1.165, 1.54) is 5.57 Å². The van der Waals surface area contributed by atoms with E-state index in [4.69, 9.17) is 9.84 Å². The third kappa shape index (κ3) is 4.46. The highest BCUT2D eigenvalue weighted by Crippen LogP contribution is 2.24. The van der Waals surface area contributed by atoms with Gasteiger partial charge in [-0.2, -0.15) is 0 Å². The second-order valence-electron chi connectivity index (χ2n) is 5.84. The van der Waals surface area contributed by atoms with Crippen LogP contribution in [-0.2, 0) is 9.53 Å². The Kier molecular flexibility index (Phi) is 5.61. The molecule has 6 nitrogen and oxygen atoms in total. The second-order valence-corrected chi connectivity index (χ2v) is 5.84. The van der Waals surface area contributed by atoms with E-state index in [1.54, 1.807) is 12.0 Å². The average molecular weight is 296 g/mol. The van der Waals surface area contributed by atoms with Crippen LogP contribution in [0.3, 0.4) is 0 Å². The Morgan fingerprint density at radius 3 is 2.90 bits per heavy atom. The van der Waals surface area contributed by atoms with E-state index in [0.29, 0.717) is 32.5 Å². The Balaban J connectivity index is 1.81. The SMILES string of the molecule is COCC1=CCN(C(=O)NC2CCCC(C(=O)O)C2)CC1. The molecule has 1 saturated carbocycles.